The summed E-state index contributed by atoms with van der Waals surface area (Å²) in [5.74, 6) is -0.434. The van der Waals surface area contributed by atoms with Gasteiger partial charge in [0.05, 0.1) is 5.41 Å². The Bertz CT molecular complexity index is 1010. The van der Waals surface area contributed by atoms with Crippen LogP contribution in [0.25, 0.3) is 21.9 Å². The van der Waals surface area contributed by atoms with Gasteiger partial charge in [-0.2, -0.15) is 0 Å². The van der Waals surface area contributed by atoms with E-state index in [-0.39, 0.29) is 6.42 Å². The third-order valence-electron chi connectivity index (χ3n) is 6.24. The van der Waals surface area contributed by atoms with Gasteiger partial charge in [0.25, 0.3) is 6.43 Å². The van der Waals surface area contributed by atoms with Gasteiger partial charge < -0.3 is 5.11 Å². The lowest BCUT2D eigenvalue weighted by Gasteiger charge is -2.40. The van der Waals surface area contributed by atoms with E-state index in [9.17, 15) is 18.7 Å². The molecular weight excluding hydrogens is 370 g/mol. The Morgan fingerprint density at radius 1 is 0.931 bits per heavy atom. The minimum absolute atomic E-state index is 0.146. The summed E-state index contributed by atoms with van der Waals surface area (Å²) in [6.07, 6.45) is -2.42. The zero-order chi connectivity index (χ0) is 21.2. The second kappa shape index (κ2) is 8.03. The topological polar surface area (TPSA) is 37.3 Å². The fourth-order valence-electron chi connectivity index (χ4n) is 3.68. The summed E-state index contributed by atoms with van der Waals surface area (Å²) in [6.45, 7) is 3.74. The summed E-state index contributed by atoms with van der Waals surface area (Å²) in [7, 11) is 0. The largest absolute Gasteiger partial charge is 0.383 e. The van der Waals surface area contributed by atoms with Gasteiger partial charge in [-0.25, -0.2) is 8.78 Å². The molecule has 3 rings (SSSR count). The third kappa shape index (κ3) is 4.08. The molecule has 0 radical (unpaired) electrons. The van der Waals surface area contributed by atoms with Crippen molar-refractivity contribution in [3.8, 4) is 11.1 Å². The molecule has 0 aliphatic carbocycles. The lowest BCUT2D eigenvalue weighted by Crippen LogP contribution is -2.53. The molecule has 2 atom stereocenters. The van der Waals surface area contributed by atoms with E-state index < -0.39 is 23.2 Å². The highest BCUT2D eigenvalue weighted by Gasteiger charge is 2.52. The van der Waals surface area contributed by atoms with Crippen LogP contribution in [0.2, 0.25) is 0 Å². The van der Waals surface area contributed by atoms with E-state index in [2.05, 4.69) is 24.3 Å². The first-order valence-electron chi connectivity index (χ1n) is 9.75. The maximum Gasteiger partial charge on any atom is 0.267 e. The van der Waals surface area contributed by atoms with Crippen LogP contribution >= 0.6 is 0 Å². The van der Waals surface area contributed by atoms with Crippen LogP contribution in [0.3, 0.4) is 0 Å². The molecule has 0 saturated heterocycles. The molecule has 4 heteroatoms. The smallest absolute Gasteiger partial charge is 0.267 e. The number of carbonyl (C=O) groups is 1. The van der Waals surface area contributed by atoms with E-state index in [0.717, 1.165) is 34.4 Å². The molecular formula is C25H26F2O2. The number of carbonyl (C=O) groups excluding carboxylic acids is 1. The monoisotopic (exact) mass is 396 g/mol. The molecule has 2 nitrogen and oxygen atoms in total. The van der Waals surface area contributed by atoms with Gasteiger partial charge in [-0.05, 0) is 67.1 Å². The van der Waals surface area contributed by atoms with Crippen LogP contribution in [0.1, 0.15) is 32.8 Å². The summed E-state index contributed by atoms with van der Waals surface area (Å²) in [5.41, 5.74) is -0.677. The van der Waals surface area contributed by atoms with Crippen molar-refractivity contribution in [1.82, 2.24) is 0 Å². The molecule has 0 aliphatic heterocycles. The Morgan fingerprint density at radius 3 is 2.17 bits per heavy atom. The second-order valence-electron chi connectivity index (χ2n) is 8.10. The Morgan fingerprint density at radius 2 is 1.55 bits per heavy atom. The van der Waals surface area contributed by atoms with Gasteiger partial charge in [-0.3, -0.25) is 4.79 Å². The van der Waals surface area contributed by atoms with Crippen molar-refractivity contribution in [2.45, 2.75) is 45.6 Å². The molecule has 0 bridgehead atoms. The summed E-state index contributed by atoms with van der Waals surface area (Å²) in [6, 6.07) is 22.3. The Balaban J connectivity index is 1.84. The zero-order valence-corrected chi connectivity index (χ0v) is 17.0. The lowest BCUT2D eigenvalue weighted by atomic mass is 9.68. The Labute approximate surface area is 170 Å². The van der Waals surface area contributed by atoms with Crippen LogP contribution in [0.5, 0.6) is 0 Å². The minimum atomic E-state index is -3.00. The number of hydrogen-bond donors (Lipinski definition) is 1. The SMILES string of the molecule is CC(=O)[C@@](C)(CCc1ccc2cc(-c3ccccc3)ccc2c1)[C@](C)(O)C(F)F. The molecule has 3 aromatic carbocycles. The van der Waals surface area contributed by atoms with Gasteiger partial charge in [0.1, 0.15) is 11.4 Å². The number of ketones is 1. The van der Waals surface area contributed by atoms with E-state index in [1.165, 1.54) is 13.8 Å². The van der Waals surface area contributed by atoms with Gasteiger partial charge in [0, 0.05) is 0 Å². The average molecular weight is 396 g/mol. The Kier molecular flexibility index (Phi) is 5.85. The number of benzene rings is 3. The van der Waals surface area contributed by atoms with Crippen LogP contribution in [0.4, 0.5) is 8.78 Å². The molecule has 0 saturated carbocycles. The molecule has 152 valence electrons. The van der Waals surface area contributed by atoms with Crippen molar-refractivity contribution in [3.05, 3.63) is 72.3 Å². The van der Waals surface area contributed by atoms with Crippen LogP contribution in [-0.2, 0) is 11.2 Å². The molecule has 1 N–H and O–H groups in total. The summed E-state index contributed by atoms with van der Waals surface area (Å²) in [4.78, 5) is 12.1. The summed E-state index contributed by atoms with van der Waals surface area (Å²) in [5, 5.41) is 12.4. The quantitative estimate of drug-likeness (QED) is 0.528. The number of Topliss-reactive ketones (excluding diaryl/α,β-unsaturated/α-hetero) is 1. The highest BCUT2D eigenvalue weighted by Crippen LogP contribution is 2.41. The number of alkyl halides is 2. The van der Waals surface area contributed by atoms with Crippen molar-refractivity contribution in [1.29, 1.82) is 0 Å². The van der Waals surface area contributed by atoms with E-state index in [1.807, 2.05) is 42.5 Å². The number of halogens is 2. The van der Waals surface area contributed by atoms with Crippen molar-refractivity contribution >= 4 is 16.6 Å². The van der Waals surface area contributed by atoms with E-state index in [4.69, 9.17) is 0 Å². The van der Waals surface area contributed by atoms with Crippen LogP contribution in [0.15, 0.2) is 66.7 Å². The van der Waals surface area contributed by atoms with Gasteiger partial charge >= 0.3 is 0 Å². The molecule has 0 spiro atoms. The predicted octanol–water partition coefficient (Wildman–Crippen LogP) is 6.05. The standard InChI is InChI=1S/C25H26F2O2/c1-17(28)24(2,25(3,29)23(26)27)14-13-18-9-10-22-16-21(12-11-20(22)15-18)19-7-5-4-6-8-19/h4-12,15-16,23,29H,13-14H2,1-3H3/t24-,25-/m1/s1. The normalized spacial score (nSPS) is 15.8. The summed E-state index contributed by atoms with van der Waals surface area (Å²) < 4.78 is 26.8. The molecule has 0 aliphatic rings. The molecule has 0 fully saturated rings. The first kappa shape index (κ1) is 21.1. The van der Waals surface area contributed by atoms with E-state index in [0.29, 0.717) is 6.42 Å². The number of hydrogen-bond acceptors (Lipinski definition) is 2. The van der Waals surface area contributed by atoms with Crippen molar-refractivity contribution in [3.63, 3.8) is 0 Å². The highest BCUT2D eigenvalue weighted by molar-refractivity contribution is 5.88. The first-order valence-corrected chi connectivity index (χ1v) is 9.75. The maximum atomic E-state index is 13.4. The molecule has 3 aromatic rings. The van der Waals surface area contributed by atoms with E-state index in [1.54, 1.807) is 0 Å². The zero-order valence-electron chi connectivity index (χ0n) is 17.0. The molecule has 0 unspecified atom stereocenters. The van der Waals surface area contributed by atoms with Gasteiger partial charge in [0.2, 0.25) is 0 Å². The fourth-order valence-corrected chi connectivity index (χ4v) is 3.68. The predicted molar refractivity (Wildman–Crippen MR) is 113 cm³/mol. The maximum absolute atomic E-state index is 13.4. The van der Waals surface area contributed by atoms with Crippen LogP contribution in [-0.4, -0.2) is 22.9 Å². The highest BCUT2D eigenvalue weighted by atomic mass is 19.3. The van der Waals surface area contributed by atoms with Crippen LogP contribution in [0, 0.1) is 5.41 Å². The molecule has 0 amide bonds. The number of aryl methyl sites for hydroxylation is 1. The summed E-state index contributed by atoms with van der Waals surface area (Å²) >= 11 is 0. The van der Waals surface area contributed by atoms with Gasteiger partial charge in [0.15, 0.2) is 0 Å². The van der Waals surface area contributed by atoms with Crippen LogP contribution < -0.4 is 0 Å². The second-order valence-corrected chi connectivity index (χ2v) is 8.10. The molecule has 0 aromatic heterocycles. The number of rotatable bonds is 7. The van der Waals surface area contributed by atoms with Gasteiger partial charge in [-0.15, -0.1) is 0 Å². The van der Waals surface area contributed by atoms with E-state index >= 15 is 0 Å². The van der Waals surface area contributed by atoms with Gasteiger partial charge in [-0.1, -0.05) is 60.7 Å². The molecule has 29 heavy (non-hydrogen) atoms. The molecule has 0 heterocycles. The van der Waals surface area contributed by atoms with Crippen molar-refractivity contribution < 1.29 is 18.7 Å². The van der Waals surface area contributed by atoms with Crippen molar-refractivity contribution in [2.24, 2.45) is 5.41 Å². The first-order chi connectivity index (χ1) is 13.6. The average Bonchev–Trinajstić information content (AvgIpc) is 2.71. The third-order valence-corrected chi connectivity index (χ3v) is 6.24. The minimum Gasteiger partial charge on any atom is -0.383 e. The lowest BCUT2D eigenvalue weighted by molar-refractivity contribution is -0.173. The number of fused-ring (bicyclic) bond motifs is 1. The van der Waals surface area contributed by atoms with Crippen molar-refractivity contribution in [2.75, 3.05) is 0 Å². The number of aliphatic hydroxyl groups is 1. The Hall–Kier alpha value is -2.59. The fraction of sp³-hybridized carbons (Fsp3) is 0.320.